The maximum Gasteiger partial charge on any atom is 0.208 e. The molecule has 0 saturated carbocycles. The quantitative estimate of drug-likeness (QED) is 0.709. The third kappa shape index (κ3) is 3.81. The molecule has 3 N–H and O–H groups in total. The molecule has 0 saturated heterocycles. The molecule has 2 heterocycles. The number of nitrogens with two attached hydrogens (primary N) is 1. The van der Waals surface area contributed by atoms with Gasteiger partial charge in [-0.3, -0.25) is 0 Å². The minimum absolute atomic E-state index is 0.0784. The van der Waals surface area contributed by atoms with Crippen molar-refractivity contribution in [3.63, 3.8) is 0 Å². The molecule has 0 unspecified atom stereocenters. The lowest BCUT2D eigenvalue weighted by molar-refractivity contribution is 0.0778. The van der Waals surface area contributed by atoms with Crippen LogP contribution in [0.25, 0.3) is 11.4 Å². The van der Waals surface area contributed by atoms with Crippen LogP contribution in [-0.2, 0) is 15.4 Å². The Morgan fingerprint density at radius 3 is 2.11 bits per heavy atom. The smallest absolute Gasteiger partial charge is 0.208 e. The van der Waals surface area contributed by atoms with Gasteiger partial charge in [0.1, 0.15) is 5.82 Å². The van der Waals surface area contributed by atoms with Crippen LogP contribution < -0.4 is 5.73 Å². The zero-order valence-electron chi connectivity index (χ0n) is 15.2. The Hall–Kier alpha value is -2.84. The van der Waals surface area contributed by atoms with Crippen molar-refractivity contribution in [1.29, 1.82) is 0 Å². The van der Waals surface area contributed by atoms with Crippen LogP contribution in [0.3, 0.4) is 0 Å². The van der Waals surface area contributed by atoms with Gasteiger partial charge in [-0.2, -0.15) is 0 Å². The summed E-state index contributed by atoms with van der Waals surface area (Å²) in [6.45, 7) is 5.10. The lowest BCUT2D eigenvalue weighted by atomic mass is 10.0. The molecular formula is C19H20N4O3S. The van der Waals surface area contributed by atoms with Gasteiger partial charge in [0.2, 0.25) is 9.84 Å². The number of benzene rings is 1. The van der Waals surface area contributed by atoms with E-state index in [2.05, 4.69) is 15.0 Å². The fraction of sp³-hybridized carbons (Fsp3) is 0.211. The Morgan fingerprint density at radius 1 is 0.963 bits per heavy atom. The van der Waals surface area contributed by atoms with Crippen molar-refractivity contribution in [2.45, 2.75) is 36.2 Å². The van der Waals surface area contributed by atoms with Crippen LogP contribution in [0.5, 0.6) is 0 Å². The summed E-state index contributed by atoms with van der Waals surface area (Å²) in [7, 11) is -3.70. The highest BCUT2D eigenvalue weighted by Crippen LogP contribution is 2.27. The van der Waals surface area contributed by atoms with E-state index in [1.54, 1.807) is 45.3 Å². The van der Waals surface area contributed by atoms with E-state index >= 15 is 0 Å². The first kappa shape index (κ1) is 18.9. The maximum absolute atomic E-state index is 12.8. The molecule has 0 bridgehead atoms. The molecule has 3 aromatic rings. The SMILES string of the molecule is Cc1cc(S(=O)(=O)c2ccc(N)nc2)ccc1-c1ncc(C(C)(C)O)cn1. The Balaban J connectivity index is 1.97. The molecule has 2 aromatic heterocycles. The number of aromatic nitrogens is 3. The van der Waals surface area contributed by atoms with Crippen molar-refractivity contribution in [1.82, 2.24) is 15.0 Å². The van der Waals surface area contributed by atoms with E-state index in [0.29, 0.717) is 17.0 Å². The van der Waals surface area contributed by atoms with E-state index in [9.17, 15) is 13.5 Å². The minimum atomic E-state index is -3.70. The summed E-state index contributed by atoms with van der Waals surface area (Å²) in [5, 5.41) is 10.00. The van der Waals surface area contributed by atoms with E-state index in [4.69, 9.17) is 5.73 Å². The second-order valence-corrected chi connectivity index (χ2v) is 8.70. The zero-order chi connectivity index (χ0) is 19.8. The first-order chi connectivity index (χ1) is 12.6. The van der Waals surface area contributed by atoms with Crippen molar-refractivity contribution in [2.75, 3.05) is 5.73 Å². The fourth-order valence-corrected chi connectivity index (χ4v) is 3.81. The van der Waals surface area contributed by atoms with Crippen molar-refractivity contribution >= 4 is 15.7 Å². The number of anilines is 1. The molecule has 7 nitrogen and oxygen atoms in total. The van der Waals surface area contributed by atoms with E-state index in [1.807, 2.05) is 0 Å². The number of nitrogens with zero attached hydrogens (tertiary/aromatic N) is 3. The molecule has 0 fully saturated rings. The highest BCUT2D eigenvalue weighted by molar-refractivity contribution is 7.91. The summed E-state index contributed by atoms with van der Waals surface area (Å²) in [5.41, 5.74) is 6.52. The van der Waals surface area contributed by atoms with Gasteiger partial charge in [-0.1, -0.05) is 0 Å². The average molecular weight is 384 g/mol. The highest BCUT2D eigenvalue weighted by atomic mass is 32.2. The predicted molar refractivity (Wildman–Crippen MR) is 102 cm³/mol. The number of sulfone groups is 1. The number of nitrogen functional groups attached to an aromatic ring is 1. The zero-order valence-corrected chi connectivity index (χ0v) is 16.0. The van der Waals surface area contributed by atoms with Gasteiger partial charge >= 0.3 is 0 Å². The van der Waals surface area contributed by atoms with Crippen LogP contribution in [0.4, 0.5) is 5.82 Å². The Bertz CT molecular complexity index is 1070. The standard InChI is InChI=1S/C19H20N4O3S/c1-12-8-14(27(25,26)15-5-7-17(20)21-11-15)4-6-16(12)18-22-9-13(10-23-18)19(2,3)24/h4-11,24H,1-3H3,(H2,20,21). The number of pyridine rings is 1. The normalized spacial score (nSPS) is 12.1. The lowest BCUT2D eigenvalue weighted by Crippen LogP contribution is -2.16. The van der Waals surface area contributed by atoms with E-state index in [1.165, 1.54) is 24.4 Å². The summed E-state index contributed by atoms with van der Waals surface area (Å²) in [6, 6.07) is 7.65. The average Bonchev–Trinajstić information content (AvgIpc) is 2.61. The second-order valence-electron chi connectivity index (χ2n) is 6.75. The highest BCUT2D eigenvalue weighted by Gasteiger charge is 2.20. The topological polar surface area (TPSA) is 119 Å². The van der Waals surface area contributed by atoms with Crippen LogP contribution in [0.1, 0.15) is 25.0 Å². The van der Waals surface area contributed by atoms with Gasteiger partial charge in [0.15, 0.2) is 5.82 Å². The molecular weight excluding hydrogens is 364 g/mol. The minimum Gasteiger partial charge on any atom is -0.386 e. The molecule has 8 heteroatoms. The Labute approximate surface area is 157 Å². The third-order valence-corrected chi connectivity index (χ3v) is 5.91. The summed E-state index contributed by atoms with van der Waals surface area (Å²) in [4.78, 5) is 12.7. The molecule has 0 amide bonds. The largest absolute Gasteiger partial charge is 0.386 e. The molecule has 0 aliphatic carbocycles. The molecule has 3 rings (SSSR count). The van der Waals surface area contributed by atoms with Gasteiger partial charge in [-0.25, -0.2) is 23.4 Å². The lowest BCUT2D eigenvalue weighted by Gasteiger charge is -2.17. The van der Waals surface area contributed by atoms with Crippen LogP contribution in [-0.4, -0.2) is 28.5 Å². The fourth-order valence-electron chi connectivity index (χ4n) is 2.52. The monoisotopic (exact) mass is 384 g/mol. The van der Waals surface area contributed by atoms with Crippen LogP contribution in [0, 0.1) is 6.92 Å². The van der Waals surface area contributed by atoms with Gasteiger partial charge in [0.05, 0.1) is 15.4 Å². The number of hydrogen-bond donors (Lipinski definition) is 2. The van der Waals surface area contributed by atoms with Gasteiger partial charge in [-0.15, -0.1) is 0 Å². The molecule has 0 spiro atoms. The molecule has 0 radical (unpaired) electrons. The molecule has 27 heavy (non-hydrogen) atoms. The van der Waals surface area contributed by atoms with Crippen LogP contribution in [0.15, 0.2) is 58.7 Å². The van der Waals surface area contributed by atoms with Gasteiger partial charge in [-0.05, 0) is 56.7 Å². The Morgan fingerprint density at radius 2 is 1.59 bits per heavy atom. The van der Waals surface area contributed by atoms with Gasteiger partial charge < -0.3 is 10.8 Å². The summed E-state index contributed by atoms with van der Waals surface area (Å²) < 4.78 is 25.5. The van der Waals surface area contributed by atoms with Crippen molar-refractivity contribution in [2.24, 2.45) is 0 Å². The number of rotatable bonds is 4. The van der Waals surface area contributed by atoms with Crippen molar-refractivity contribution in [3.8, 4) is 11.4 Å². The summed E-state index contributed by atoms with van der Waals surface area (Å²) >= 11 is 0. The number of aryl methyl sites for hydroxylation is 1. The molecule has 0 aliphatic heterocycles. The molecule has 0 atom stereocenters. The van der Waals surface area contributed by atoms with Crippen LogP contribution in [0.2, 0.25) is 0 Å². The first-order valence-electron chi connectivity index (χ1n) is 8.21. The van der Waals surface area contributed by atoms with Crippen molar-refractivity contribution < 1.29 is 13.5 Å². The third-order valence-electron chi connectivity index (χ3n) is 4.18. The molecule has 140 valence electrons. The molecule has 0 aliphatic rings. The number of hydrogen-bond acceptors (Lipinski definition) is 7. The van der Waals surface area contributed by atoms with E-state index in [-0.39, 0.29) is 15.6 Å². The predicted octanol–water partition coefficient (Wildman–Crippen LogP) is 2.49. The summed E-state index contributed by atoms with van der Waals surface area (Å²) in [5.74, 6) is 0.714. The van der Waals surface area contributed by atoms with Crippen molar-refractivity contribution in [3.05, 3.63) is 60.0 Å². The van der Waals surface area contributed by atoms with Gasteiger partial charge in [0, 0.05) is 29.7 Å². The second kappa shape index (κ2) is 6.71. The Kier molecular flexibility index (Phi) is 4.71. The summed E-state index contributed by atoms with van der Waals surface area (Å²) in [6.07, 6.45) is 4.37. The van der Waals surface area contributed by atoms with Crippen LogP contribution >= 0.6 is 0 Å². The van der Waals surface area contributed by atoms with Gasteiger partial charge in [0.25, 0.3) is 0 Å². The first-order valence-corrected chi connectivity index (χ1v) is 9.70. The van der Waals surface area contributed by atoms with E-state index in [0.717, 1.165) is 5.56 Å². The maximum atomic E-state index is 12.8. The van der Waals surface area contributed by atoms with E-state index < -0.39 is 15.4 Å². The number of aliphatic hydroxyl groups is 1. The molecule has 1 aromatic carbocycles.